The Morgan fingerprint density at radius 3 is 2.75 bits per heavy atom. The molecule has 28 heavy (non-hydrogen) atoms. The van der Waals surface area contributed by atoms with Crippen molar-refractivity contribution in [2.45, 2.75) is 6.54 Å². The monoisotopic (exact) mass is 394 g/mol. The zero-order valence-electron chi connectivity index (χ0n) is 15.1. The lowest BCUT2D eigenvalue weighted by molar-refractivity contribution is -0.156. The highest BCUT2D eigenvalue weighted by Crippen LogP contribution is 2.17. The van der Waals surface area contributed by atoms with Crippen LogP contribution in [0.3, 0.4) is 0 Å². The number of rotatable bonds is 5. The highest BCUT2D eigenvalue weighted by Gasteiger charge is 2.31. The number of carbonyl (C=O) groups is 2. The van der Waals surface area contributed by atoms with Gasteiger partial charge < -0.3 is 14.8 Å². The fraction of sp³-hybridized carbons (Fsp3) is 0.190. The summed E-state index contributed by atoms with van der Waals surface area (Å²) in [4.78, 5) is 35.5. The maximum atomic E-state index is 12.5. The molecule has 0 aliphatic carbocycles. The number of amides is 2. The predicted octanol–water partition coefficient (Wildman–Crippen LogP) is 3.10. The third kappa shape index (κ3) is 3.92. The van der Waals surface area contributed by atoms with E-state index < -0.39 is 11.8 Å². The largest absolute Gasteiger partial charge is 0.357 e. The average Bonchev–Trinajstić information content (AvgIpc) is 3.10. The molecule has 142 valence electrons. The van der Waals surface area contributed by atoms with Crippen molar-refractivity contribution in [1.82, 2.24) is 19.8 Å². The molecule has 1 aliphatic rings. The second-order valence-electron chi connectivity index (χ2n) is 6.69. The van der Waals surface area contributed by atoms with Crippen LogP contribution in [0.15, 0.2) is 54.9 Å². The molecule has 0 spiro atoms. The van der Waals surface area contributed by atoms with Gasteiger partial charge in [0.15, 0.2) is 0 Å². The summed E-state index contributed by atoms with van der Waals surface area (Å²) in [5.41, 5.74) is 2.81. The van der Waals surface area contributed by atoms with E-state index in [0.717, 1.165) is 22.2 Å². The van der Waals surface area contributed by atoms with Gasteiger partial charge >= 0.3 is 11.8 Å². The smallest absolute Gasteiger partial charge is 0.312 e. The summed E-state index contributed by atoms with van der Waals surface area (Å²) >= 11 is 5.97. The normalized spacial score (nSPS) is 15.2. The van der Waals surface area contributed by atoms with E-state index in [-0.39, 0.29) is 0 Å². The van der Waals surface area contributed by atoms with Crippen LogP contribution in [-0.4, -0.2) is 51.2 Å². The van der Waals surface area contributed by atoms with Crippen LogP contribution in [0.1, 0.15) is 11.3 Å². The molecule has 7 heteroatoms. The number of fused-ring (bicyclic) bond motifs is 1. The average molecular weight is 395 g/mol. The molecule has 1 aliphatic heterocycles. The lowest BCUT2D eigenvalue weighted by atomic mass is 10.2. The van der Waals surface area contributed by atoms with Gasteiger partial charge in [-0.1, -0.05) is 35.9 Å². The number of H-pyrrole nitrogens is 1. The van der Waals surface area contributed by atoms with Gasteiger partial charge in [-0.2, -0.15) is 0 Å². The fourth-order valence-electron chi connectivity index (χ4n) is 3.29. The zero-order valence-corrected chi connectivity index (χ0v) is 15.9. The van der Waals surface area contributed by atoms with Gasteiger partial charge in [-0.05, 0) is 29.8 Å². The molecule has 4 rings (SSSR count). The van der Waals surface area contributed by atoms with Crippen LogP contribution in [-0.2, 0) is 16.1 Å². The number of benzene rings is 1. The van der Waals surface area contributed by atoms with Crippen LogP contribution in [0.4, 0.5) is 0 Å². The van der Waals surface area contributed by atoms with Crippen LogP contribution in [0.5, 0.6) is 0 Å². The number of pyridine rings is 1. The molecule has 0 unspecified atom stereocenters. The summed E-state index contributed by atoms with van der Waals surface area (Å²) in [5.74, 6) is -0.945. The van der Waals surface area contributed by atoms with E-state index in [9.17, 15) is 9.59 Å². The second kappa shape index (κ2) is 7.86. The first-order chi connectivity index (χ1) is 13.6. The molecule has 1 aromatic carbocycles. The molecule has 0 bridgehead atoms. The summed E-state index contributed by atoms with van der Waals surface area (Å²) in [5, 5.41) is 1.65. The number of nitrogens with zero attached hydrogens (tertiary/aromatic N) is 3. The second-order valence-corrected chi connectivity index (χ2v) is 7.13. The number of aromatic amines is 1. The fourth-order valence-corrected chi connectivity index (χ4v) is 3.49. The van der Waals surface area contributed by atoms with E-state index in [1.807, 2.05) is 48.6 Å². The van der Waals surface area contributed by atoms with Crippen molar-refractivity contribution in [3.63, 3.8) is 0 Å². The van der Waals surface area contributed by atoms with Gasteiger partial charge in [0.05, 0.1) is 6.54 Å². The molecule has 2 amide bonds. The minimum atomic E-state index is -0.473. The van der Waals surface area contributed by atoms with Gasteiger partial charge in [-0.25, -0.2) is 0 Å². The Bertz CT molecular complexity index is 1030. The first-order valence-electron chi connectivity index (χ1n) is 9.02. The van der Waals surface area contributed by atoms with E-state index in [2.05, 4.69) is 9.97 Å². The van der Waals surface area contributed by atoms with Gasteiger partial charge in [0, 0.05) is 53.6 Å². The quantitative estimate of drug-likeness (QED) is 0.676. The molecule has 2 aromatic heterocycles. The molecule has 3 heterocycles. The highest BCUT2D eigenvalue weighted by atomic mass is 35.5. The lowest BCUT2D eigenvalue weighted by Gasteiger charge is -2.33. The Labute approximate surface area is 167 Å². The van der Waals surface area contributed by atoms with E-state index >= 15 is 0 Å². The maximum absolute atomic E-state index is 12.5. The standard InChI is InChI=1S/C21H19ClN4O2/c22-17-5-1-3-15(11-17)4-2-8-25-9-10-26(21(28)20(25)27)14-18-12-16-13-23-7-6-19(16)24-18/h1-7,11-13,24H,8-10,14H2. The van der Waals surface area contributed by atoms with Crippen molar-refractivity contribution in [3.05, 3.63) is 71.1 Å². The predicted molar refractivity (Wildman–Crippen MR) is 109 cm³/mol. The Morgan fingerprint density at radius 1 is 1.11 bits per heavy atom. The summed E-state index contributed by atoms with van der Waals surface area (Å²) in [6.45, 7) is 1.78. The SMILES string of the molecule is O=C1C(=O)N(Cc2cc3cnccc3[nH]2)CCN1CC=Cc1cccc(Cl)c1. The molecule has 0 saturated carbocycles. The van der Waals surface area contributed by atoms with Crippen molar-refractivity contribution in [1.29, 1.82) is 0 Å². The van der Waals surface area contributed by atoms with Crippen LogP contribution < -0.4 is 0 Å². The van der Waals surface area contributed by atoms with Crippen LogP contribution in [0.2, 0.25) is 5.02 Å². The highest BCUT2D eigenvalue weighted by molar-refractivity contribution is 6.35. The van der Waals surface area contributed by atoms with Gasteiger partial charge in [0.2, 0.25) is 0 Å². The zero-order chi connectivity index (χ0) is 19.5. The van der Waals surface area contributed by atoms with Crippen LogP contribution in [0.25, 0.3) is 17.0 Å². The summed E-state index contributed by atoms with van der Waals surface area (Å²) in [7, 11) is 0. The van der Waals surface area contributed by atoms with E-state index in [4.69, 9.17) is 11.6 Å². The van der Waals surface area contributed by atoms with Gasteiger partial charge in [-0.3, -0.25) is 14.6 Å². The Morgan fingerprint density at radius 2 is 1.93 bits per heavy atom. The van der Waals surface area contributed by atoms with Crippen molar-refractivity contribution >= 4 is 40.4 Å². The molecule has 1 N–H and O–H groups in total. The van der Waals surface area contributed by atoms with Crippen molar-refractivity contribution in [2.75, 3.05) is 19.6 Å². The Kier molecular flexibility index (Phi) is 5.12. The van der Waals surface area contributed by atoms with Crippen molar-refractivity contribution < 1.29 is 9.59 Å². The first-order valence-corrected chi connectivity index (χ1v) is 9.40. The maximum Gasteiger partial charge on any atom is 0.312 e. The van der Waals surface area contributed by atoms with E-state index in [1.165, 1.54) is 0 Å². The summed E-state index contributed by atoms with van der Waals surface area (Å²) in [6.07, 6.45) is 7.26. The third-order valence-corrected chi connectivity index (χ3v) is 4.96. The molecule has 0 atom stereocenters. The van der Waals surface area contributed by atoms with Crippen LogP contribution in [0, 0.1) is 0 Å². The minimum absolute atomic E-state index is 0.380. The summed E-state index contributed by atoms with van der Waals surface area (Å²) < 4.78 is 0. The molecule has 3 aromatic rings. The first kappa shape index (κ1) is 18.3. The number of aromatic nitrogens is 2. The van der Waals surface area contributed by atoms with Crippen LogP contribution >= 0.6 is 11.6 Å². The lowest BCUT2D eigenvalue weighted by Crippen LogP contribution is -2.53. The molecule has 0 radical (unpaired) electrons. The van der Waals surface area contributed by atoms with E-state index in [1.54, 1.807) is 22.2 Å². The number of nitrogens with one attached hydrogen (secondary N) is 1. The number of hydrogen-bond acceptors (Lipinski definition) is 3. The topological polar surface area (TPSA) is 69.3 Å². The number of hydrogen-bond donors (Lipinski definition) is 1. The van der Waals surface area contributed by atoms with Gasteiger partial charge in [-0.15, -0.1) is 0 Å². The molecular formula is C21H19ClN4O2. The molecule has 6 nitrogen and oxygen atoms in total. The Hall–Kier alpha value is -3.12. The van der Waals surface area contributed by atoms with Gasteiger partial charge in [0.1, 0.15) is 0 Å². The number of carbonyl (C=O) groups excluding carboxylic acids is 2. The number of halogens is 1. The molecule has 1 saturated heterocycles. The summed E-state index contributed by atoms with van der Waals surface area (Å²) in [6, 6.07) is 11.3. The Balaban J connectivity index is 1.37. The van der Waals surface area contributed by atoms with Crippen molar-refractivity contribution in [2.24, 2.45) is 0 Å². The molecule has 1 fully saturated rings. The minimum Gasteiger partial charge on any atom is -0.357 e. The van der Waals surface area contributed by atoms with Gasteiger partial charge in [0.25, 0.3) is 0 Å². The van der Waals surface area contributed by atoms with Crippen molar-refractivity contribution in [3.8, 4) is 0 Å². The molecular weight excluding hydrogens is 376 g/mol. The van der Waals surface area contributed by atoms with E-state index in [0.29, 0.717) is 31.2 Å². The third-order valence-electron chi connectivity index (χ3n) is 4.72. The number of piperazine rings is 1.